The van der Waals surface area contributed by atoms with Crippen LogP contribution in [0.15, 0.2) is 52.6 Å². The number of hydrogen-bond acceptors (Lipinski definition) is 5. The maximum atomic E-state index is 12.7. The summed E-state index contributed by atoms with van der Waals surface area (Å²) in [4.78, 5) is 26.8. The summed E-state index contributed by atoms with van der Waals surface area (Å²) in [6.07, 6.45) is 6.92. The minimum absolute atomic E-state index is 0.0703. The Balaban J connectivity index is 1.77. The number of fused-ring (bicyclic) bond motifs is 1. The number of benzene rings is 1. The Bertz CT molecular complexity index is 1340. The second-order valence-electron chi connectivity index (χ2n) is 7.43. The van der Waals surface area contributed by atoms with Gasteiger partial charge in [-0.1, -0.05) is 60.4 Å². The summed E-state index contributed by atoms with van der Waals surface area (Å²) in [7, 11) is 0. The number of thiazole rings is 1. The number of carbonyl (C=O) groups excluding carboxylic acids is 1. The molecule has 3 heterocycles. The minimum atomic E-state index is -0.338. The molecule has 0 unspecified atom stereocenters. The standard InChI is InChI=1S/C22H19ClN4O2S/c23-19-16(11-6-12-24-19)26-22-27(13-7-2-1-3-8-13)21(29)18(30-22)17-14-9-4-5-10-15(14)25-20(17)28/h4-6,9-13,29H,1-3,7-8H2. The van der Waals surface area contributed by atoms with Gasteiger partial charge in [0.1, 0.15) is 10.6 Å². The van der Waals surface area contributed by atoms with Crippen molar-refractivity contribution in [1.29, 1.82) is 0 Å². The van der Waals surface area contributed by atoms with E-state index >= 15 is 0 Å². The van der Waals surface area contributed by atoms with Crippen LogP contribution in [0.5, 0.6) is 5.88 Å². The lowest BCUT2D eigenvalue weighted by Crippen LogP contribution is -2.23. The maximum absolute atomic E-state index is 12.7. The second kappa shape index (κ2) is 7.81. The third-order valence-corrected chi connectivity index (χ3v) is 6.91. The Morgan fingerprint density at radius 1 is 1.13 bits per heavy atom. The molecule has 1 aromatic carbocycles. The molecule has 2 aliphatic rings. The zero-order chi connectivity index (χ0) is 20.7. The van der Waals surface area contributed by atoms with Crippen molar-refractivity contribution >= 4 is 40.1 Å². The smallest absolute Gasteiger partial charge is 0.279 e. The van der Waals surface area contributed by atoms with Gasteiger partial charge in [-0.05, 0) is 31.0 Å². The number of rotatable bonds is 3. The van der Waals surface area contributed by atoms with Crippen molar-refractivity contribution in [2.75, 3.05) is 0 Å². The molecule has 1 N–H and O–H groups in total. The Labute approximate surface area is 181 Å². The molecule has 8 heteroatoms. The van der Waals surface area contributed by atoms with Crippen LogP contribution in [-0.2, 0) is 4.79 Å². The van der Waals surface area contributed by atoms with E-state index in [0.29, 0.717) is 31.4 Å². The first-order valence-electron chi connectivity index (χ1n) is 9.96. The largest absolute Gasteiger partial charge is 0.493 e. The molecular weight excluding hydrogens is 420 g/mol. The van der Waals surface area contributed by atoms with Crippen molar-refractivity contribution in [3.8, 4) is 5.88 Å². The molecule has 1 fully saturated rings. The summed E-state index contributed by atoms with van der Waals surface area (Å²) in [5.74, 6) is -0.268. The molecule has 2 aromatic heterocycles. The molecule has 5 rings (SSSR count). The number of nitrogens with zero attached hydrogens (tertiary/aromatic N) is 4. The lowest BCUT2D eigenvalue weighted by Gasteiger charge is -2.23. The van der Waals surface area contributed by atoms with Crippen LogP contribution in [0.2, 0.25) is 5.15 Å². The first-order chi connectivity index (χ1) is 14.6. The molecule has 0 radical (unpaired) electrons. The topological polar surface area (TPSA) is 79.8 Å². The molecule has 0 saturated heterocycles. The van der Waals surface area contributed by atoms with Crippen LogP contribution in [0.1, 0.15) is 43.0 Å². The lowest BCUT2D eigenvalue weighted by molar-refractivity contribution is -0.112. The molecule has 152 valence electrons. The SMILES string of the molecule is O=C1N=c2ccccc2=C1c1sc(=Nc2cccnc2Cl)n(C2CCCCC2)c1O. The summed E-state index contributed by atoms with van der Waals surface area (Å²) >= 11 is 7.52. The van der Waals surface area contributed by atoms with Crippen LogP contribution >= 0.6 is 22.9 Å². The van der Waals surface area contributed by atoms with Crippen molar-refractivity contribution in [3.05, 3.63) is 68.0 Å². The highest BCUT2D eigenvalue weighted by atomic mass is 35.5. The summed E-state index contributed by atoms with van der Waals surface area (Å²) in [6, 6.07) is 11.1. The van der Waals surface area contributed by atoms with Crippen LogP contribution in [-0.4, -0.2) is 20.6 Å². The monoisotopic (exact) mass is 438 g/mol. The van der Waals surface area contributed by atoms with Crippen LogP contribution < -0.4 is 15.4 Å². The van der Waals surface area contributed by atoms with Crippen molar-refractivity contribution < 1.29 is 9.90 Å². The maximum Gasteiger partial charge on any atom is 0.279 e. The summed E-state index contributed by atoms with van der Waals surface area (Å²) < 4.78 is 1.86. The fourth-order valence-electron chi connectivity index (χ4n) is 4.14. The second-order valence-corrected chi connectivity index (χ2v) is 8.77. The van der Waals surface area contributed by atoms with E-state index in [4.69, 9.17) is 16.6 Å². The predicted octanol–water partition coefficient (Wildman–Crippen LogP) is 3.40. The molecule has 0 bridgehead atoms. The molecular formula is C22H19ClN4O2S. The highest BCUT2D eigenvalue weighted by Gasteiger charge is 2.28. The van der Waals surface area contributed by atoms with E-state index in [0.717, 1.165) is 30.9 Å². The molecule has 6 nitrogen and oxygen atoms in total. The van der Waals surface area contributed by atoms with Crippen molar-refractivity contribution in [2.45, 2.75) is 38.1 Å². The first kappa shape index (κ1) is 19.2. The average molecular weight is 439 g/mol. The number of para-hydroxylation sites is 1. The molecule has 1 aliphatic heterocycles. The summed E-state index contributed by atoms with van der Waals surface area (Å²) in [6.45, 7) is 0. The normalized spacial score (nSPS) is 17.3. The lowest BCUT2D eigenvalue weighted by atomic mass is 9.95. The number of pyridine rings is 1. The number of aromatic hydroxyl groups is 1. The average Bonchev–Trinajstić information content (AvgIpc) is 3.25. The van der Waals surface area contributed by atoms with Crippen LogP contribution in [0.25, 0.3) is 5.57 Å². The third-order valence-electron chi connectivity index (χ3n) is 5.56. The van der Waals surface area contributed by atoms with Gasteiger partial charge in [-0.25, -0.2) is 15.0 Å². The highest BCUT2D eigenvalue weighted by molar-refractivity contribution is 7.11. The third kappa shape index (κ3) is 3.28. The van der Waals surface area contributed by atoms with Crippen LogP contribution in [0.4, 0.5) is 5.69 Å². The zero-order valence-electron chi connectivity index (χ0n) is 16.1. The Kier molecular flexibility index (Phi) is 5.00. The Morgan fingerprint density at radius 2 is 1.93 bits per heavy atom. The fourth-order valence-corrected chi connectivity index (χ4v) is 5.45. The van der Waals surface area contributed by atoms with Gasteiger partial charge in [0.15, 0.2) is 9.95 Å². The molecule has 1 aliphatic carbocycles. The fraction of sp³-hybridized carbons (Fsp3) is 0.273. The molecule has 3 aromatic rings. The van der Waals surface area contributed by atoms with Gasteiger partial charge >= 0.3 is 0 Å². The predicted molar refractivity (Wildman–Crippen MR) is 115 cm³/mol. The van der Waals surface area contributed by atoms with E-state index in [9.17, 15) is 9.90 Å². The van der Waals surface area contributed by atoms with Gasteiger partial charge in [-0.3, -0.25) is 9.36 Å². The van der Waals surface area contributed by atoms with Gasteiger partial charge in [0.2, 0.25) is 5.88 Å². The van der Waals surface area contributed by atoms with E-state index in [2.05, 4.69) is 9.98 Å². The van der Waals surface area contributed by atoms with Crippen LogP contribution in [0, 0.1) is 0 Å². The van der Waals surface area contributed by atoms with Crippen molar-refractivity contribution in [2.24, 2.45) is 9.98 Å². The van der Waals surface area contributed by atoms with E-state index in [1.165, 1.54) is 17.8 Å². The van der Waals surface area contributed by atoms with Gasteiger partial charge in [0.05, 0.1) is 10.9 Å². The van der Waals surface area contributed by atoms with E-state index in [1.807, 2.05) is 22.8 Å². The summed E-state index contributed by atoms with van der Waals surface area (Å²) in [5.41, 5.74) is 0.959. The number of amides is 1. The zero-order valence-corrected chi connectivity index (χ0v) is 17.7. The van der Waals surface area contributed by atoms with E-state index < -0.39 is 0 Å². The molecule has 30 heavy (non-hydrogen) atoms. The quantitative estimate of drug-likeness (QED) is 0.636. The van der Waals surface area contributed by atoms with Crippen molar-refractivity contribution in [1.82, 2.24) is 9.55 Å². The number of hydrogen-bond donors (Lipinski definition) is 1. The Hall–Kier alpha value is -2.77. The first-order valence-corrected chi connectivity index (χ1v) is 11.2. The number of aromatic nitrogens is 2. The van der Waals surface area contributed by atoms with Gasteiger partial charge in [0.25, 0.3) is 5.91 Å². The van der Waals surface area contributed by atoms with Gasteiger partial charge in [-0.2, -0.15) is 0 Å². The number of halogens is 1. The molecule has 0 atom stereocenters. The molecule has 1 amide bonds. The highest BCUT2D eigenvalue weighted by Crippen LogP contribution is 2.36. The van der Waals surface area contributed by atoms with Gasteiger partial charge < -0.3 is 5.11 Å². The molecule has 0 spiro atoms. The summed E-state index contributed by atoms with van der Waals surface area (Å²) in [5, 5.41) is 12.9. The Morgan fingerprint density at radius 3 is 2.73 bits per heavy atom. The molecule has 1 saturated carbocycles. The van der Waals surface area contributed by atoms with Crippen LogP contribution in [0.3, 0.4) is 0 Å². The van der Waals surface area contributed by atoms with Gasteiger partial charge in [-0.15, -0.1) is 0 Å². The van der Waals surface area contributed by atoms with E-state index in [1.54, 1.807) is 24.4 Å². The van der Waals surface area contributed by atoms with Gasteiger partial charge in [0, 0.05) is 17.5 Å². The minimum Gasteiger partial charge on any atom is -0.493 e. The van der Waals surface area contributed by atoms with Crippen molar-refractivity contribution in [3.63, 3.8) is 0 Å². The van der Waals surface area contributed by atoms with E-state index in [-0.39, 0.29) is 17.8 Å². The number of carbonyl (C=O) groups is 1.